The topological polar surface area (TPSA) is 69.0 Å². The van der Waals surface area contributed by atoms with Crippen molar-refractivity contribution in [1.82, 2.24) is 20.1 Å². The summed E-state index contributed by atoms with van der Waals surface area (Å²) in [5.74, 6) is -0.287. The highest BCUT2D eigenvalue weighted by atomic mass is 16.6. The fourth-order valence-electron chi connectivity index (χ4n) is 1.17. The Labute approximate surface area is 95.0 Å². The van der Waals surface area contributed by atoms with Crippen molar-refractivity contribution in [2.45, 2.75) is 39.0 Å². The fraction of sp³-hybridized carbons (Fsp3) is 0.700. The molecule has 1 N–H and O–H groups in total. The van der Waals surface area contributed by atoms with Gasteiger partial charge in [0.1, 0.15) is 24.3 Å². The maximum Gasteiger partial charge on any atom is 0.325 e. The van der Waals surface area contributed by atoms with Crippen molar-refractivity contribution in [2.24, 2.45) is 0 Å². The largest absolute Gasteiger partial charge is 0.459 e. The molecule has 0 fully saturated rings. The zero-order valence-corrected chi connectivity index (χ0v) is 10.1. The molecule has 16 heavy (non-hydrogen) atoms. The zero-order valence-electron chi connectivity index (χ0n) is 10.1. The molecule has 0 amide bonds. The molecule has 0 saturated carbocycles. The third kappa shape index (κ3) is 3.98. The summed E-state index contributed by atoms with van der Waals surface area (Å²) in [6, 6.07) is -0.416. The predicted molar refractivity (Wildman–Crippen MR) is 58.7 cm³/mol. The molecule has 1 atom stereocenters. The maximum atomic E-state index is 11.8. The van der Waals surface area contributed by atoms with Crippen LogP contribution in [0.2, 0.25) is 0 Å². The number of ether oxygens (including phenoxy) is 1. The van der Waals surface area contributed by atoms with E-state index >= 15 is 0 Å². The molecule has 1 unspecified atom stereocenters. The molecular formula is C10H18N4O2. The van der Waals surface area contributed by atoms with Gasteiger partial charge in [0, 0.05) is 0 Å². The zero-order chi connectivity index (χ0) is 12.2. The quantitative estimate of drug-likeness (QED) is 0.743. The van der Waals surface area contributed by atoms with Gasteiger partial charge >= 0.3 is 5.97 Å². The summed E-state index contributed by atoms with van der Waals surface area (Å²) in [6.45, 7) is 5.93. The summed E-state index contributed by atoms with van der Waals surface area (Å²) in [5, 5.41) is 6.84. The van der Waals surface area contributed by atoms with Gasteiger partial charge in [0.05, 0.1) is 6.54 Å². The molecule has 1 heterocycles. The minimum atomic E-state index is -0.478. The average molecular weight is 226 g/mol. The van der Waals surface area contributed by atoms with Crippen LogP contribution >= 0.6 is 0 Å². The molecule has 1 rings (SSSR count). The van der Waals surface area contributed by atoms with Crippen molar-refractivity contribution in [1.29, 1.82) is 0 Å². The molecular weight excluding hydrogens is 208 g/mol. The van der Waals surface area contributed by atoms with Crippen LogP contribution in [0.4, 0.5) is 0 Å². The third-order valence-electron chi connectivity index (χ3n) is 1.88. The van der Waals surface area contributed by atoms with Crippen molar-refractivity contribution in [2.75, 3.05) is 7.05 Å². The van der Waals surface area contributed by atoms with E-state index in [0.29, 0.717) is 6.54 Å². The Morgan fingerprint density at radius 2 is 2.25 bits per heavy atom. The molecule has 0 aliphatic heterocycles. The number of aromatic nitrogens is 3. The Bertz CT molecular complexity index is 329. The van der Waals surface area contributed by atoms with E-state index in [1.165, 1.54) is 6.33 Å². The minimum Gasteiger partial charge on any atom is -0.459 e. The molecule has 0 aliphatic rings. The molecule has 90 valence electrons. The van der Waals surface area contributed by atoms with Crippen molar-refractivity contribution in [3.63, 3.8) is 0 Å². The summed E-state index contributed by atoms with van der Waals surface area (Å²) in [6.07, 6.45) is 3.00. The number of carbonyl (C=O) groups excluding carboxylic acids is 1. The van der Waals surface area contributed by atoms with E-state index in [1.807, 2.05) is 20.8 Å². The first-order chi connectivity index (χ1) is 7.42. The van der Waals surface area contributed by atoms with Crippen molar-refractivity contribution >= 4 is 5.97 Å². The van der Waals surface area contributed by atoms with Crippen molar-refractivity contribution in [3.8, 4) is 0 Å². The van der Waals surface area contributed by atoms with Gasteiger partial charge in [-0.3, -0.25) is 9.48 Å². The summed E-state index contributed by atoms with van der Waals surface area (Å²) < 4.78 is 6.86. The predicted octanol–water partition coefficient (Wildman–Crippen LogP) is 0.208. The van der Waals surface area contributed by atoms with Gasteiger partial charge in [-0.05, 0) is 27.8 Å². The lowest BCUT2D eigenvalue weighted by Crippen LogP contribution is -2.42. The summed E-state index contributed by atoms with van der Waals surface area (Å²) in [4.78, 5) is 15.6. The van der Waals surface area contributed by atoms with Gasteiger partial charge in [0.15, 0.2) is 0 Å². The second-order valence-corrected chi connectivity index (χ2v) is 4.49. The highest BCUT2D eigenvalue weighted by molar-refractivity contribution is 5.76. The Morgan fingerprint density at radius 3 is 2.69 bits per heavy atom. The van der Waals surface area contributed by atoms with Gasteiger partial charge in [-0.25, -0.2) is 4.98 Å². The van der Waals surface area contributed by atoms with Crippen LogP contribution in [0.15, 0.2) is 12.7 Å². The second-order valence-electron chi connectivity index (χ2n) is 4.49. The number of likely N-dealkylation sites (N-methyl/N-ethyl adjacent to an activating group) is 1. The van der Waals surface area contributed by atoms with Gasteiger partial charge in [-0.15, -0.1) is 0 Å². The summed E-state index contributed by atoms with van der Waals surface area (Å²) in [5.41, 5.74) is -0.478. The number of esters is 1. The molecule has 0 saturated heterocycles. The second kappa shape index (κ2) is 5.07. The van der Waals surface area contributed by atoms with E-state index in [0.717, 1.165) is 0 Å². The van der Waals surface area contributed by atoms with Crippen LogP contribution in [-0.4, -0.2) is 39.4 Å². The lowest BCUT2D eigenvalue weighted by molar-refractivity contribution is -0.157. The van der Waals surface area contributed by atoms with Gasteiger partial charge in [-0.1, -0.05) is 0 Å². The van der Waals surface area contributed by atoms with Crippen molar-refractivity contribution < 1.29 is 9.53 Å². The Hall–Kier alpha value is -1.43. The number of nitrogens with zero attached hydrogens (tertiary/aromatic N) is 3. The number of hydrogen-bond acceptors (Lipinski definition) is 5. The third-order valence-corrected chi connectivity index (χ3v) is 1.88. The molecule has 0 radical (unpaired) electrons. The Morgan fingerprint density at radius 1 is 1.56 bits per heavy atom. The monoisotopic (exact) mass is 226 g/mol. The van der Waals surface area contributed by atoms with Crippen molar-refractivity contribution in [3.05, 3.63) is 12.7 Å². The Kier molecular flexibility index (Phi) is 4.00. The lowest BCUT2D eigenvalue weighted by Gasteiger charge is -2.23. The molecule has 0 bridgehead atoms. The summed E-state index contributed by atoms with van der Waals surface area (Å²) >= 11 is 0. The first-order valence-electron chi connectivity index (χ1n) is 5.15. The molecule has 1 aromatic heterocycles. The van der Waals surface area contributed by atoms with E-state index in [4.69, 9.17) is 4.74 Å². The molecule has 0 aliphatic carbocycles. The van der Waals surface area contributed by atoms with Crippen LogP contribution in [0.25, 0.3) is 0 Å². The van der Waals surface area contributed by atoms with E-state index < -0.39 is 11.6 Å². The van der Waals surface area contributed by atoms with Gasteiger partial charge in [-0.2, -0.15) is 5.10 Å². The number of carbonyl (C=O) groups is 1. The maximum absolute atomic E-state index is 11.8. The smallest absolute Gasteiger partial charge is 0.325 e. The molecule has 6 nitrogen and oxygen atoms in total. The van der Waals surface area contributed by atoms with E-state index in [2.05, 4.69) is 15.4 Å². The van der Waals surface area contributed by atoms with Gasteiger partial charge in [0.2, 0.25) is 0 Å². The number of rotatable bonds is 4. The highest BCUT2D eigenvalue weighted by Crippen LogP contribution is 2.08. The molecule has 0 aromatic carbocycles. The van der Waals surface area contributed by atoms with Crippen LogP contribution in [0.3, 0.4) is 0 Å². The van der Waals surface area contributed by atoms with Crippen LogP contribution < -0.4 is 5.32 Å². The highest BCUT2D eigenvalue weighted by Gasteiger charge is 2.24. The first-order valence-corrected chi connectivity index (χ1v) is 5.15. The Balaban J connectivity index is 2.57. The molecule has 1 aromatic rings. The van der Waals surface area contributed by atoms with E-state index in [-0.39, 0.29) is 5.97 Å². The standard InChI is InChI=1S/C10H18N4O2/c1-10(2,3)16-9(15)8(11-4)5-14-7-12-6-13-14/h6-8,11H,5H2,1-4H3. The minimum absolute atomic E-state index is 0.287. The number of nitrogens with one attached hydrogen (secondary N) is 1. The van der Waals surface area contributed by atoms with Crippen LogP contribution in [-0.2, 0) is 16.1 Å². The summed E-state index contributed by atoms with van der Waals surface area (Å²) in [7, 11) is 1.71. The van der Waals surface area contributed by atoms with Crippen LogP contribution in [0.1, 0.15) is 20.8 Å². The number of hydrogen-bond donors (Lipinski definition) is 1. The lowest BCUT2D eigenvalue weighted by atomic mass is 10.2. The first kappa shape index (κ1) is 12.6. The van der Waals surface area contributed by atoms with E-state index in [9.17, 15) is 4.79 Å². The normalized spacial score (nSPS) is 13.5. The van der Waals surface area contributed by atoms with E-state index in [1.54, 1.807) is 18.1 Å². The van der Waals surface area contributed by atoms with Crippen LogP contribution in [0.5, 0.6) is 0 Å². The molecule has 6 heteroatoms. The van der Waals surface area contributed by atoms with Gasteiger partial charge < -0.3 is 10.1 Å². The SMILES string of the molecule is CNC(Cn1cncn1)C(=O)OC(C)(C)C. The van der Waals surface area contributed by atoms with Gasteiger partial charge in [0.25, 0.3) is 0 Å². The average Bonchev–Trinajstić information content (AvgIpc) is 2.63. The molecule has 0 spiro atoms. The van der Waals surface area contributed by atoms with Crippen LogP contribution in [0, 0.1) is 0 Å². The fourth-order valence-corrected chi connectivity index (χ4v) is 1.17.